The number of unbranched alkanes of at least 4 members (excludes halogenated alkanes) is 1. The van der Waals surface area contributed by atoms with Crippen molar-refractivity contribution < 1.29 is 0 Å². The van der Waals surface area contributed by atoms with Gasteiger partial charge in [0.05, 0.1) is 6.54 Å². The Labute approximate surface area is 152 Å². The van der Waals surface area contributed by atoms with Crippen LogP contribution in [0.1, 0.15) is 32.3 Å². The summed E-state index contributed by atoms with van der Waals surface area (Å²) in [6, 6.07) is 4.25. The number of hydrogen-bond donors (Lipinski definition) is 1. The van der Waals surface area contributed by atoms with E-state index in [9.17, 15) is 0 Å². The van der Waals surface area contributed by atoms with E-state index in [2.05, 4.69) is 65.1 Å². The average molecular weight is 347 g/mol. The molecule has 2 heterocycles. The standard InChI is InChI=1S/C19H34N6/c1-5-7-10-24(4)19(20-6-2)22-16-17-8-9-21-18(15-17)25-13-11-23(3)12-14-25/h8-9,15H,5-7,10-14,16H2,1-4H3,(H,20,22). The van der Waals surface area contributed by atoms with Gasteiger partial charge in [-0.05, 0) is 38.1 Å². The normalized spacial score (nSPS) is 16.2. The minimum absolute atomic E-state index is 0.683. The lowest BCUT2D eigenvalue weighted by Crippen LogP contribution is -2.44. The lowest BCUT2D eigenvalue weighted by Gasteiger charge is -2.33. The topological polar surface area (TPSA) is 47.0 Å². The van der Waals surface area contributed by atoms with Crippen molar-refractivity contribution in [2.45, 2.75) is 33.2 Å². The molecule has 0 spiro atoms. The summed E-state index contributed by atoms with van der Waals surface area (Å²) >= 11 is 0. The average Bonchev–Trinajstić information content (AvgIpc) is 2.64. The lowest BCUT2D eigenvalue weighted by atomic mass is 10.2. The second-order valence-electron chi connectivity index (χ2n) is 6.76. The van der Waals surface area contributed by atoms with Gasteiger partial charge in [-0.3, -0.25) is 0 Å². The van der Waals surface area contributed by atoms with Crippen LogP contribution < -0.4 is 10.2 Å². The van der Waals surface area contributed by atoms with Gasteiger partial charge in [0.15, 0.2) is 5.96 Å². The van der Waals surface area contributed by atoms with E-state index in [0.717, 1.165) is 51.0 Å². The molecule has 6 heteroatoms. The van der Waals surface area contributed by atoms with Crippen molar-refractivity contribution >= 4 is 11.8 Å². The molecule has 0 bridgehead atoms. The SMILES string of the molecule is CCCCN(C)C(=NCc1ccnc(N2CCN(C)CC2)c1)NCC. The maximum Gasteiger partial charge on any atom is 0.193 e. The van der Waals surface area contributed by atoms with Crippen molar-refractivity contribution in [1.29, 1.82) is 0 Å². The van der Waals surface area contributed by atoms with E-state index in [4.69, 9.17) is 4.99 Å². The van der Waals surface area contributed by atoms with Crippen LogP contribution in [0.5, 0.6) is 0 Å². The van der Waals surface area contributed by atoms with Gasteiger partial charge >= 0.3 is 0 Å². The molecule has 1 aromatic heterocycles. The predicted molar refractivity (Wildman–Crippen MR) is 106 cm³/mol. The molecule has 0 atom stereocenters. The minimum atomic E-state index is 0.683. The highest BCUT2D eigenvalue weighted by Crippen LogP contribution is 2.15. The minimum Gasteiger partial charge on any atom is -0.357 e. The molecule has 25 heavy (non-hydrogen) atoms. The van der Waals surface area contributed by atoms with Gasteiger partial charge in [0.25, 0.3) is 0 Å². The fourth-order valence-electron chi connectivity index (χ4n) is 2.90. The van der Waals surface area contributed by atoms with Gasteiger partial charge in [0.2, 0.25) is 0 Å². The van der Waals surface area contributed by atoms with Crippen LogP contribution in [-0.4, -0.2) is 74.1 Å². The molecule has 0 aromatic carbocycles. The molecule has 0 unspecified atom stereocenters. The maximum atomic E-state index is 4.81. The zero-order valence-corrected chi connectivity index (χ0v) is 16.3. The smallest absolute Gasteiger partial charge is 0.193 e. The van der Waals surface area contributed by atoms with E-state index in [1.54, 1.807) is 0 Å². The van der Waals surface area contributed by atoms with Crippen molar-refractivity contribution in [2.75, 3.05) is 58.3 Å². The number of likely N-dealkylation sites (N-methyl/N-ethyl adjacent to an activating group) is 1. The van der Waals surface area contributed by atoms with E-state index in [-0.39, 0.29) is 0 Å². The highest BCUT2D eigenvalue weighted by molar-refractivity contribution is 5.79. The first-order valence-corrected chi connectivity index (χ1v) is 9.52. The van der Waals surface area contributed by atoms with E-state index in [1.165, 1.54) is 18.4 Å². The molecule has 1 aliphatic heterocycles. The van der Waals surface area contributed by atoms with Gasteiger partial charge in [-0.15, -0.1) is 0 Å². The molecule has 6 nitrogen and oxygen atoms in total. The summed E-state index contributed by atoms with van der Waals surface area (Å²) in [7, 11) is 4.28. The van der Waals surface area contributed by atoms with E-state index in [0.29, 0.717) is 6.54 Å². The molecule has 140 valence electrons. The Morgan fingerprint density at radius 3 is 2.72 bits per heavy atom. The Hall–Kier alpha value is -1.82. The monoisotopic (exact) mass is 346 g/mol. The fraction of sp³-hybridized carbons (Fsp3) is 0.684. The number of aliphatic imine (C=N–C) groups is 1. The van der Waals surface area contributed by atoms with Crippen LogP contribution in [-0.2, 0) is 6.54 Å². The molecule has 0 saturated carbocycles. The first kappa shape index (κ1) is 19.5. The third kappa shape index (κ3) is 6.20. The van der Waals surface area contributed by atoms with Crippen LogP contribution in [0.2, 0.25) is 0 Å². The molecule has 1 aliphatic rings. The van der Waals surface area contributed by atoms with Crippen LogP contribution in [0.3, 0.4) is 0 Å². The summed E-state index contributed by atoms with van der Waals surface area (Å²) in [4.78, 5) is 16.3. The molecule has 2 rings (SSSR count). The lowest BCUT2D eigenvalue weighted by molar-refractivity contribution is 0.312. The molecule has 0 radical (unpaired) electrons. The maximum absolute atomic E-state index is 4.81. The number of hydrogen-bond acceptors (Lipinski definition) is 4. The number of nitrogens with zero attached hydrogens (tertiary/aromatic N) is 5. The largest absolute Gasteiger partial charge is 0.357 e. The van der Waals surface area contributed by atoms with Gasteiger partial charge in [-0.2, -0.15) is 0 Å². The number of aromatic nitrogens is 1. The van der Waals surface area contributed by atoms with Gasteiger partial charge in [-0.1, -0.05) is 13.3 Å². The molecule has 1 N–H and O–H groups in total. The highest BCUT2D eigenvalue weighted by atomic mass is 15.3. The van der Waals surface area contributed by atoms with Gasteiger partial charge in [0.1, 0.15) is 5.82 Å². The van der Waals surface area contributed by atoms with E-state index in [1.807, 2.05) is 6.20 Å². The number of piperazine rings is 1. The van der Waals surface area contributed by atoms with Crippen molar-refractivity contribution in [2.24, 2.45) is 4.99 Å². The van der Waals surface area contributed by atoms with Crippen molar-refractivity contribution in [3.05, 3.63) is 23.9 Å². The first-order chi connectivity index (χ1) is 12.1. The van der Waals surface area contributed by atoms with Gasteiger partial charge < -0.3 is 20.0 Å². The van der Waals surface area contributed by atoms with E-state index < -0.39 is 0 Å². The van der Waals surface area contributed by atoms with Gasteiger partial charge in [-0.25, -0.2) is 9.98 Å². The fourth-order valence-corrected chi connectivity index (χ4v) is 2.90. The third-order valence-electron chi connectivity index (χ3n) is 4.59. The first-order valence-electron chi connectivity index (χ1n) is 9.52. The summed E-state index contributed by atoms with van der Waals surface area (Å²) in [5.41, 5.74) is 1.21. The number of rotatable bonds is 7. The molecule has 1 saturated heterocycles. The van der Waals surface area contributed by atoms with Crippen LogP contribution in [0, 0.1) is 0 Å². The van der Waals surface area contributed by atoms with Crippen molar-refractivity contribution in [3.8, 4) is 0 Å². The Kier molecular flexibility index (Phi) is 7.98. The number of nitrogens with one attached hydrogen (secondary N) is 1. The number of guanidine groups is 1. The Balaban J connectivity index is 2.01. The van der Waals surface area contributed by atoms with Gasteiger partial charge in [0, 0.05) is 52.5 Å². The summed E-state index contributed by atoms with van der Waals surface area (Å²) in [5.74, 6) is 2.05. The molecule has 0 aliphatic carbocycles. The van der Waals surface area contributed by atoms with Crippen LogP contribution in [0.25, 0.3) is 0 Å². The second-order valence-corrected chi connectivity index (χ2v) is 6.76. The summed E-state index contributed by atoms with van der Waals surface area (Å²) in [6.07, 6.45) is 4.29. The summed E-state index contributed by atoms with van der Waals surface area (Å²) in [6.45, 7) is 11.2. The predicted octanol–water partition coefficient (Wildman–Crippen LogP) is 2.03. The Morgan fingerprint density at radius 2 is 2.04 bits per heavy atom. The second kappa shape index (κ2) is 10.2. The highest BCUT2D eigenvalue weighted by Gasteiger charge is 2.15. The summed E-state index contributed by atoms with van der Waals surface area (Å²) < 4.78 is 0. The quantitative estimate of drug-likeness (QED) is 0.605. The summed E-state index contributed by atoms with van der Waals surface area (Å²) in [5, 5.41) is 3.39. The molecule has 1 fully saturated rings. The van der Waals surface area contributed by atoms with E-state index >= 15 is 0 Å². The molecular formula is C19H34N6. The number of pyridine rings is 1. The van der Waals surface area contributed by atoms with Crippen molar-refractivity contribution in [1.82, 2.24) is 20.1 Å². The molecular weight excluding hydrogens is 312 g/mol. The van der Waals surface area contributed by atoms with Crippen LogP contribution in [0.15, 0.2) is 23.3 Å². The van der Waals surface area contributed by atoms with Crippen LogP contribution in [0.4, 0.5) is 5.82 Å². The zero-order chi connectivity index (χ0) is 18.1. The zero-order valence-electron chi connectivity index (χ0n) is 16.3. The van der Waals surface area contributed by atoms with Crippen LogP contribution >= 0.6 is 0 Å². The Bertz CT molecular complexity index is 536. The van der Waals surface area contributed by atoms with Crippen molar-refractivity contribution in [3.63, 3.8) is 0 Å². The number of anilines is 1. The molecule has 0 amide bonds. The third-order valence-corrected chi connectivity index (χ3v) is 4.59. The Morgan fingerprint density at radius 1 is 1.28 bits per heavy atom. The molecule has 1 aromatic rings.